The molecule has 0 bridgehead atoms. The first-order valence-corrected chi connectivity index (χ1v) is 4.14. The second-order valence-corrected chi connectivity index (χ2v) is 2.98. The first-order valence-electron chi connectivity index (χ1n) is 3.66. The first-order chi connectivity index (χ1) is 5.24. The highest BCUT2D eigenvalue weighted by atomic mass is 32.1. The zero-order valence-electron chi connectivity index (χ0n) is 6.62. The third-order valence-electron chi connectivity index (χ3n) is 1.92. The van der Waals surface area contributed by atoms with E-state index in [-0.39, 0.29) is 5.91 Å². The molecule has 1 amide bonds. The van der Waals surface area contributed by atoms with Gasteiger partial charge in [-0.1, -0.05) is 12.2 Å². The predicted molar refractivity (Wildman–Crippen MR) is 47.7 cm³/mol. The van der Waals surface area contributed by atoms with E-state index in [2.05, 4.69) is 24.2 Å². The van der Waals surface area contributed by atoms with Crippen molar-refractivity contribution < 1.29 is 4.79 Å². The maximum atomic E-state index is 11.0. The molecular weight excluding hydrogens is 160 g/mol. The smallest absolute Gasteiger partial charge is 0.257 e. The highest BCUT2D eigenvalue weighted by Gasteiger charge is 2.16. The van der Waals surface area contributed by atoms with Crippen LogP contribution < -0.4 is 0 Å². The number of hydrogen-bond donors (Lipinski definition) is 0. The summed E-state index contributed by atoms with van der Waals surface area (Å²) in [5, 5.41) is 1.21. The normalized spacial score (nSPS) is 19.9. The van der Waals surface area contributed by atoms with Gasteiger partial charge in [0, 0.05) is 26.2 Å². The summed E-state index contributed by atoms with van der Waals surface area (Å²) < 4.78 is 0. The molecule has 0 saturated carbocycles. The van der Waals surface area contributed by atoms with Crippen LogP contribution in [0.3, 0.4) is 0 Å². The molecule has 1 heterocycles. The molecule has 0 spiro atoms. The van der Waals surface area contributed by atoms with Crippen molar-refractivity contribution in [2.24, 2.45) is 0 Å². The summed E-state index contributed by atoms with van der Waals surface area (Å²) in [7, 11) is 2.05. The van der Waals surface area contributed by atoms with E-state index in [1.165, 1.54) is 5.37 Å². The van der Waals surface area contributed by atoms with Crippen molar-refractivity contribution in [1.82, 2.24) is 9.80 Å². The highest BCUT2D eigenvalue weighted by Crippen LogP contribution is 1.97. The van der Waals surface area contributed by atoms with Crippen molar-refractivity contribution in [3.8, 4) is 0 Å². The van der Waals surface area contributed by atoms with Crippen molar-refractivity contribution in [2.75, 3.05) is 33.2 Å². The Bertz CT molecular complexity index is 164. The molecule has 0 aromatic heterocycles. The summed E-state index contributed by atoms with van der Waals surface area (Å²) in [6.07, 6.45) is 0. The van der Waals surface area contributed by atoms with Crippen LogP contribution >= 0.6 is 12.2 Å². The minimum absolute atomic E-state index is 0.0203. The second kappa shape index (κ2) is 3.78. The Labute approximate surface area is 72.0 Å². The lowest BCUT2D eigenvalue weighted by Crippen LogP contribution is -2.47. The van der Waals surface area contributed by atoms with Crippen LogP contribution in [-0.2, 0) is 4.79 Å². The molecule has 3 nitrogen and oxygen atoms in total. The molecule has 1 aliphatic heterocycles. The molecule has 1 fully saturated rings. The van der Waals surface area contributed by atoms with E-state index in [1.807, 2.05) is 0 Å². The van der Waals surface area contributed by atoms with Gasteiger partial charge in [0.2, 0.25) is 0 Å². The van der Waals surface area contributed by atoms with E-state index >= 15 is 0 Å². The monoisotopic (exact) mass is 172 g/mol. The van der Waals surface area contributed by atoms with Gasteiger partial charge in [0.25, 0.3) is 5.91 Å². The molecule has 0 N–H and O–H groups in total. The Hall–Kier alpha value is -0.480. The topological polar surface area (TPSA) is 23.6 Å². The molecule has 0 aromatic carbocycles. The molecule has 1 saturated heterocycles. The standard InChI is InChI=1S/C7H12N2OS/c1-8-2-4-9(5-3-8)7(10)6-11/h6H,2-5H2,1H3. The third-order valence-corrected chi connectivity index (χ3v) is 2.12. The van der Waals surface area contributed by atoms with Crippen molar-refractivity contribution in [2.45, 2.75) is 0 Å². The number of carbonyl (C=O) groups is 1. The molecule has 62 valence electrons. The van der Waals surface area contributed by atoms with Crippen LogP contribution in [0.2, 0.25) is 0 Å². The molecule has 1 rings (SSSR count). The van der Waals surface area contributed by atoms with Crippen LogP contribution in [0.5, 0.6) is 0 Å². The van der Waals surface area contributed by atoms with Gasteiger partial charge in [-0.3, -0.25) is 4.79 Å². The number of piperazine rings is 1. The number of carbonyl (C=O) groups excluding carboxylic acids is 1. The zero-order chi connectivity index (χ0) is 8.27. The van der Waals surface area contributed by atoms with Crippen LogP contribution in [0.15, 0.2) is 0 Å². The highest BCUT2D eigenvalue weighted by molar-refractivity contribution is 7.80. The van der Waals surface area contributed by atoms with Gasteiger partial charge in [0.15, 0.2) is 0 Å². The SMILES string of the molecule is CN1CCN(C(=O)C=S)CC1. The molecule has 0 aromatic rings. The molecule has 11 heavy (non-hydrogen) atoms. The Morgan fingerprint density at radius 2 is 1.91 bits per heavy atom. The van der Waals surface area contributed by atoms with E-state index in [9.17, 15) is 4.79 Å². The molecule has 0 unspecified atom stereocenters. The molecule has 0 atom stereocenters. The fraction of sp³-hybridized carbons (Fsp3) is 0.714. The number of likely N-dealkylation sites (N-methyl/N-ethyl adjacent to an activating group) is 1. The molecular formula is C7H12N2OS. The van der Waals surface area contributed by atoms with Crippen LogP contribution in [0.1, 0.15) is 0 Å². The second-order valence-electron chi connectivity index (χ2n) is 2.75. The third kappa shape index (κ3) is 2.24. The van der Waals surface area contributed by atoms with Crippen LogP contribution in [0.25, 0.3) is 0 Å². The summed E-state index contributed by atoms with van der Waals surface area (Å²) in [6.45, 7) is 3.52. The van der Waals surface area contributed by atoms with Gasteiger partial charge in [-0.25, -0.2) is 0 Å². The number of rotatable bonds is 1. The zero-order valence-corrected chi connectivity index (χ0v) is 7.43. The lowest BCUT2D eigenvalue weighted by atomic mass is 10.3. The first kappa shape index (κ1) is 8.62. The van der Waals surface area contributed by atoms with Crippen molar-refractivity contribution in [3.05, 3.63) is 0 Å². The predicted octanol–water partition coefficient (Wildman–Crippen LogP) is -0.240. The molecule has 1 aliphatic rings. The van der Waals surface area contributed by atoms with Gasteiger partial charge in [-0.2, -0.15) is 0 Å². The maximum Gasteiger partial charge on any atom is 0.257 e. The Morgan fingerprint density at radius 3 is 2.36 bits per heavy atom. The summed E-state index contributed by atoms with van der Waals surface area (Å²) in [5.41, 5.74) is 0. The lowest BCUT2D eigenvalue weighted by Gasteiger charge is -2.31. The number of thiocarbonyl (C=S) groups is 1. The fourth-order valence-corrected chi connectivity index (χ4v) is 1.25. The van der Waals surface area contributed by atoms with E-state index in [0.29, 0.717) is 0 Å². The average molecular weight is 172 g/mol. The Balaban J connectivity index is 2.38. The Morgan fingerprint density at radius 1 is 1.36 bits per heavy atom. The van der Waals surface area contributed by atoms with Crippen molar-refractivity contribution in [1.29, 1.82) is 0 Å². The van der Waals surface area contributed by atoms with Crippen LogP contribution in [0.4, 0.5) is 0 Å². The van der Waals surface area contributed by atoms with Gasteiger partial charge in [0.1, 0.15) is 0 Å². The number of hydrogen-bond acceptors (Lipinski definition) is 3. The Kier molecular flexibility index (Phi) is 2.96. The van der Waals surface area contributed by atoms with Gasteiger partial charge in [-0.05, 0) is 7.05 Å². The molecule has 4 heteroatoms. The number of nitrogens with zero attached hydrogens (tertiary/aromatic N) is 2. The fourth-order valence-electron chi connectivity index (χ4n) is 1.10. The minimum Gasteiger partial charge on any atom is -0.336 e. The van der Waals surface area contributed by atoms with Gasteiger partial charge >= 0.3 is 0 Å². The van der Waals surface area contributed by atoms with E-state index in [4.69, 9.17) is 0 Å². The van der Waals surface area contributed by atoms with Gasteiger partial charge < -0.3 is 9.80 Å². The molecule has 0 radical (unpaired) electrons. The quantitative estimate of drug-likeness (QED) is 0.510. The maximum absolute atomic E-state index is 11.0. The van der Waals surface area contributed by atoms with E-state index in [1.54, 1.807) is 4.90 Å². The van der Waals surface area contributed by atoms with Crippen molar-refractivity contribution >= 4 is 23.5 Å². The van der Waals surface area contributed by atoms with E-state index < -0.39 is 0 Å². The summed E-state index contributed by atoms with van der Waals surface area (Å²) in [5.74, 6) is -0.0203. The van der Waals surface area contributed by atoms with Gasteiger partial charge in [-0.15, -0.1) is 0 Å². The largest absolute Gasteiger partial charge is 0.336 e. The molecule has 0 aliphatic carbocycles. The number of amides is 1. The minimum atomic E-state index is -0.0203. The van der Waals surface area contributed by atoms with Crippen molar-refractivity contribution in [3.63, 3.8) is 0 Å². The van der Waals surface area contributed by atoms with Crippen LogP contribution in [-0.4, -0.2) is 54.3 Å². The van der Waals surface area contributed by atoms with E-state index in [0.717, 1.165) is 26.2 Å². The summed E-state index contributed by atoms with van der Waals surface area (Å²) in [4.78, 5) is 15.0. The van der Waals surface area contributed by atoms with Crippen LogP contribution in [0, 0.1) is 0 Å². The average Bonchev–Trinajstić information content (AvgIpc) is 2.05. The summed E-state index contributed by atoms with van der Waals surface area (Å²) in [6, 6.07) is 0. The summed E-state index contributed by atoms with van der Waals surface area (Å²) >= 11 is 4.56. The lowest BCUT2D eigenvalue weighted by molar-refractivity contribution is -0.124. The van der Waals surface area contributed by atoms with Gasteiger partial charge in [0.05, 0.1) is 5.37 Å².